The molecule has 0 radical (unpaired) electrons. The van der Waals surface area contributed by atoms with Crippen molar-refractivity contribution in [1.82, 2.24) is 19.9 Å². The number of aromatic nitrogens is 3. The summed E-state index contributed by atoms with van der Waals surface area (Å²) in [5, 5.41) is 14.6. The Balaban J connectivity index is 1.61. The number of hydrogen-bond donors (Lipinski definition) is 2. The van der Waals surface area contributed by atoms with Gasteiger partial charge in [0, 0.05) is 25.8 Å². The second-order valence-corrected chi connectivity index (χ2v) is 7.01. The van der Waals surface area contributed by atoms with Crippen LogP contribution in [0.5, 0.6) is 0 Å². The molecule has 0 unspecified atom stereocenters. The molecule has 0 aromatic carbocycles. The van der Waals surface area contributed by atoms with E-state index in [9.17, 15) is 14.3 Å². The Hall–Kier alpha value is -2.65. The van der Waals surface area contributed by atoms with Crippen molar-refractivity contribution in [2.75, 3.05) is 18.4 Å². The third-order valence-electron chi connectivity index (χ3n) is 4.17. The van der Waals surface area contributed by atoms with Crippen molar-refractivity contribution in [2.45, 2.75) is 19.1 Å². The van der Waals surface area contributed by atoms with Crippen molar-refractivity contribution in [3.63, 3.8) is 0 Å². The van der Waals surface area contributed by atoms with Crippen molar-refractivity contribution in [1.29, 1.82) is 0 Å². The summed E-state index contributed by atoms with van der Waals surface area (Å²) < 4.78 is 14.0. The van der Waals surface area contributed by atoms with Gasteiger partial charge < -0.3 is 15.3 Å². The largest absolute Gasteiger partial charge is 0.391 e. The lowest BCUT2D eigenvalue weighted by Crippen LogP contribution is -2.30. The molecule has 0 bridgehead atoms. The molecule has 3 aromatic heterocycles. The molecule has 0 aliphatic carbocycles. The molecule has 7 nitrogen and oxygen atoms in total. The maximum absolute atomic E-state index is 13.2. The number of rotatable bonds is 4. The minimum atomic E-state index is -0.488. The number of aliphatic hydroxyl groups is 1. The van der Waals surface area contributed by atoms with Gasteiger partial charge in [0.25, 0.3) is 5.91 Å². The average Bonchev–Trinajstić information content (AvgIpc) is 3.27. The maximum Gasteiger partial charge on any atom is 0.274 e. The smallest absolute Gasteiger partial charge is 0.274 e. The first kappa shape index (κ1) is 16.8. The fraction of sp³-hybridized carbons (Fsp3) is 0.294. The van der Waals surface area contributed by atoms with Crippen LogP contribution in [0.25, 0.3) is 10.2 Å². The van der Waals surface area contributed by atoms with Gasteiger partial charge in [-0.05, 0) is 29.5 Å². The summed E-state index contributed by atoms with van der Waals surface area (Å²) in [4.78, 5) is 27.0. The van der Waals surface area contributed by atoms with Crippen LogP contribution in [0.4, 0.5) is 10.3 Å². The number of pyridine rings is 1. The van der Waals surface area contributed by atoms with Gasteiger partial charge in [-0.3, -0.25) is 9.78 Å². The standard InChI is InChI=1S/C17H16FN5O2S/c18-11-5-10(6-19-8-11)7-20-17-21-13-2-4-26-15(13)14(22-17)16(25)23-3-1-12(24)9-23/h2,4-6,8,12,24H,1,3,7,9H2,(H,20,21,22)/t12-/m1/s1. The molecule has 1 fully saturated rings. The zero-order valence-corrected chi connectivity index (χ0v) is 14.5. The molecule has 1 aliphatic heterocycles. The van der Waals surface area contributed by atoms with E-state index in [1.807, 2.05) is 11.4 Å². The fourth-order valence-corrected chi connectivity index (χ4v) is 3.71. The first-order valence-electron chi connectivity index (χ1n) is 8.16. The lowest BCUT2D eigenvalue weighted by Gasteiger charge is -2.16. The first-order valence-corrected chi connectivity index (χ1v) is 9.04. The number of amides is 1. The normalized spacial score (nSPS) is 17.0. The summed E-state index contributed by atoms with van der Waals surface area (Å²) in [5.41, 5.74) is 1.64. The molecule has 2 N–H and O–H groups in total. The molecule has 3 aromatic rings. The molecular formula is C17H16FN5O2S. The molecule has 134 valence electrons. The van der Waals surface area contributed by atoms with Crippen LogP contribution in [0.3, 0.4) is 0 Å². The van der Waals surface area contributed by atoms with Gasteiger partial charge >= 0.3 is 0 Å². The van der Waals surface area contributed by atoms with E-state index in [0.717, 1.165) is 10.9 Å². The Kier molecular flexibility index (Phi) is 4.48. The number of thiophene rings is 1. The lowest BCUT2D eigenvalue weighted by molar-refractivity contribution is 0.0761. The van der Waals surface area contributed by atoms with Gasteiger partial charge in [0.2, 0.25) is 5.95 Å². The molecule has 0 saturated carbocycles. The maximum atomic E-state index is 13.2. The third-order valence-corrected chi connectivity index (χ3v) is 5.08. The van der Waals surface area contributed by atoms with Crippen molar-refractivity contribution in [2.24, 2.45) is 0 Å². The SMILES string of the molecule is O=C(c1nc(NCc2cncc(F)c2)nc2ccsc12)N1CC[C@@H](O)C1. The second-order valence-electron chi connectivity index (χ2n) is 6.09. The number of carbonyl (C=O) groups excluding carboxylic acids is 1. The van der Waals surface area contributed by atoms with E-state index in [2.05, 4.69) is 20.3 Å². The van der Waals surface area contributed by atoms with Crippen LogP contribution in [0.1, 0.15) is 22.5 Å². The Morgan fingerprint density at radius 2 is 2.31 bits per heavy atom. The van der Waals surface area contributed by atoms with Gasteiger partial charge in [-0.2, -0.15) is 0 Å². The van der Waals surface area contributed by atoms with Crippen LogP contribution < -0.4 is 5.32 Å². The van der Waals surface area contributed by atoms with Gasteiger partial charge in [0.05, 0.1) is 22.5 Å². The fourth-order valence-electron chi connectivity index (χ4n) is 2.90. The van der Waals surface area contributed by atoms with E-state index in [-0.39, 0.29) is 12.5 Å². The van der Waals surface area contributed by atoms with E-state index in [1.54, 1.807) is 11.1 Å². The van der Waals surface area contributed by atoms with Crippen LogP contribution in [0.15, 0.2) is 29.9 Å². The Labute approximate surface area is 152 Å². The molecule has 9 heteroatoms. The van der Waals surface area contributed by atoms with Crippen molar-refractivity contribution < 1.29 is 14.3 Å². The number of likely N-dealkylation sites (tertiary alicyclic amines) is 1. The number of halogens is 1. The van der Waals surface area contributed by atoms with Gasteiger partial charge in [-0.25, -0.2) is 14.4 Å². The molecule has 4 rings (SSSR count). The summed E-state index contributed by atoms with van der Waals surface area (Å²) >= 11 is 1.40. The van der Waals surface area contributed by atoms with Crippen LogP contribution in [0, 0.1) is 5.82 Å². The number of anilines is 1. The van der Waals surface area contributed by atoms with Crippen LogP contribution in [-0.2, 0) is 6.54 Å². The molecule has 4 heterocycles. The molecule has 1 amide bonds. The Bertz CT molecular complexity index is 963. The Morgan fingerprint density at radius 1 is 1.42 bits per heavy atom. The predicted molar refractivity (Wildman–Crippen MR) is 95.5 cm³/mol. The zero-order valence-electron chi connectivity index (χ0n) is 13.7. The van der Waals surface area contributed by atoms with Gasteiger partial charge in [0.15, 0.2) is 5.69 Å². The third kappa shape index (κ3) is 3.35. The van der Waals surface area contributed by atoms with Crippen molar-refractivity contribution in [3.05, 3.63) is 47.0 Å². The summed E-state index contributed by atoms with van der Waals surface area (Å²) in [6.45, 7) is 1.11. The minimum absolute atomic E-state index is 0.216. The molecule has 1 atom stereocenters. The number of fused-ring (bicyclic) bond motifs is 1. The van der Waals surface area contributed by atoms with E-state index >= 15 is 0 Å². The highest BCUT2D eigenvalue weighted by Crippen LogP contribution is 2.26. The van der Waals surface area contributed by atoms with Gasteiger partial charge in [-0.1, -0.05) is 0 Å². The van der Waals surface area contributed by atoms with E-state index in [4.69, 9.17) is 0 Å². The number of β-amino-alcohol motifs (C(OH)–C–C–N with tert-alkyl or cyclic N) is 1. The monoisotopic (exact) mass is 373 g/mol. The molecular weight excluding hydrogens is 357 g/mol. The number of nitrogens with zero attached hydrogens (tertiary/aromatic N) is 4. The topological polar surface area (TPSA) is 91.2 Å². The zero-order chi connectivity index (χ0) is 18.1. The summed E-state index contributed by atoms with van der Waals surface area (Å²) in [5.74, 6) is -0.336. The summed E-state index contributed by atoms with van der Waals surface area (Å²) in [6.07, 6.45) is 2.77. The van der Waals surface area contributed by atoms with Crippen LogP contribution >= 0.6 is 11.3 Å². The van der Waals surface area contributed by atoms with Gasteiger partial charge in [0.1, 0.15) is 5.82 Å². The number of nitrogens with one attached hydrogen (secondary N) is 1. The number of aliphatic hydroxyl groups excluding tert-OH is 1. The number of hydrogen-bond acceptors (Lipinski definition) is 7. The van der Waals surface area contributed by atoms with E-state index in [1.165, 1.54) is 17.4 Å². The molecule has 26 heavy (non-hydrogen) atoms. The highest BCUT2D eigenvalue weighted by atomic mass is 32.1. The summed E-state index contributed by atoms with van der Waals surface area (Å²) in [7, 11) is 0. The van der Waals surface area contributed by atoms with Crippen LogP contribution in [-0.4, -0.2) is 50.1 Å². The van der Waals surface area contributed by atoms with Gasteiger partial charge in [-0.15, -0.1) is 11.3 Å². The first-order chi connectivity index (χ1) is 12.6. The molecule has 0 spiro atoms. The lowest BCUT2D eigenvalue weighted by atomic mass is 10.3. The highest BCUT2D eigenvalue weighted by Gasteiger charge is 2.28. The highest BCUT2D eigenvalue weighted by molar-refractivity contribution is 7.17. The van der Waals surface area contributed by atoms with Crippen molar-refractivity contribution in [3.8, 4) is 0 Å². The molecule has 1 saturated heterocycles. The van der Waals surface area contributed by atoms with E-state index in [0.29, 0.717) is 42.2 Å². The second kappa shape index (κ2) is 6.93. The van der Waals surface area contributed by atoms with Crippen molar-refractivity contribution >= 4 is 33.4 Å². The quantitative estimate of drug-likeness (QED) is 0.727. The average molecular weight is 373 g/mol. The van der Waals surface area contributed by atoms with E-state index < -0.39 is 11.9 Å². The van der Waals surface area contributed by atoms with Crippen LogP contribution in [0.2, 0.25) is 0 Å². The number of carbonyl (C=O) groups is 1. The molecule has 1 aliphatic rings. The minimum Gasteiger partial charge on any atom is -0.391 e. The summed E-state index contributed by atoms with van der Waals surface area (Å²) in [6, 6.07) is 3.20. The Morgan fingerprint density at radius 3 is 3.08 bits per heavy atom. The predicted octanol–water partition coefficient (Wildman–Crippen LogP) is 2.04.